The van der Waals surface area contributed by atoms with Gasteiger partial charge in [-0.05, 0) is 36.4 Å². The van der Waals surface area contributed by atoms with Crippen LogP contribution in [0.25, 0.3) is 11.3 Å². The summed E-state index contributed by atoms with van der Waals surface area (Å²) in [7, 11) is 1.61. The molecule has 0 spiro atoms. The Morgan fingerprint density at radius 3 is 2.52 bits per heavy atom. The van der Waals surface area contributed by atoms with Gasteiger partial charge in [0.05, 0.1) is 34.1 Å². The van der Waals surface area contributed by atoms with E-state index in [-0.39, 0.29) is 12.3 Å². The molecule has 5 nitrogen and oxygen atoms in total. The zero-order valence-corrected chi connectivity index (χ0v) is 16.5. The van der Waals surface area contributed by atoms with E-state index in [1.54, 1.807) is 13.3 Å². The van der Waals surface area contributed by atoms with Crippen LogP contribution in [0.15, 0.2) is 47.0 Å². The number of carbonyl (C=O) groups excluding carboxylic acids is 1. The summed E-state index contributed by atoms with van der Waals surface area (Å²) < 4.78 is 10.8. The van der Waals surface area contributed by atoms with Crippen LogP contribution in [0.5, 0.6) is 5.75 Å². The molecule has 8 heteroatoms. The van der Waals surface area contributed by atoms with Crippen LogP contribution in [-0.2, 0) is 11.2 Å². The van der Waals surface area contributed by atoms with E-state index in [4.69, 9.17) is 44.0 Å². The number of halogens is 3. The number of nitrogens with zero attached hydrogens (tertiary/aromatic N) is 1. The Balaban J connectivity index is 1.59. The van der Waals surface area contributed by atoms with E-state index in [0.29, 0.717) is 38.8 Å². The molecule has 0 aliphatic rings. The molecule has 0 atom stereocenters. The average Bonchev–Trinajstić information content (AvgIpc) is 3.13. The highest BCUT2D eigenvalue weighted by atomic mass is 35.5. The minimum Gasteiger partial charge on any atom is -0.497 e. The summed E-state index contributed by atoms with van der Waals surface area (Å²) in [4.78, 5) is 16.4. The van der Waals surface area contributed by atoms with Crippen molar-refractivity contribution in [2.24, 2.45) is 0 Å². The van der Waals surface area contributed by atoms with Crippen molar-refractivity contribution in [3.63, 3.8) is 0 Å². The van der Waals surface area contributed by atoms with Crippen molar-refractivity contribution in [1.29, 1.82) is 0 Å². The fourth-order valence-corrected chi connectivity index (χ4v) is 2.96. The van der Waals surface area contributed by atoms with Crippen LogP contribution in [0.3, 0.4) is 0 Å². The predicted molar refractivity (Wildman–Crippen MR) is 107 cm³/mol. The maximum atomic E-state index is 12.2. The quantitative estimate of drug-likeness (QED) is 0.501. The van der Waals surface area contributed by atoms with Gasteiger partial charge in [-0.15, -0.1) is 0 Å². The number of amides is 1. The Hall–Kier alpha value is -2.21. The zero-order valence-electron chi connectivity index (χ0n) is 14.3. The van der Waals surface area contributed by atoms with Gasteiger partial charge < -0.3 is 14.5 Å². The van der Waals surface area contributed by atoms with Crippen molar-refractivity contribution in [3.05, 3.63) is 63.6 Å². The minimum absolute atomic E-state index is 0.180. The third-order valence-corrected chi connectivity index (χ3v) is 4.81. The smallest absolute Gasteiger partial charge is 0.224 e. The molecule has 0 aliphatic heterocycles. The standard InChI is InChI=1S/C19H15Cl3N2O3/c1-26-12-4-2-11(3-5-12)17-10-23-19(27-17)7-6-18(25)24-16-9-14(21)13(20)8-15(16)22/h2-5,8-10H,6-7H2,1H3,(H,24,25). The molecule has 3 rings (SSSR count). The van der Waals surface area contributed by atoms with Crippen LogP contribution in [0, 0.1) is 0 Å². The highest BCUT2D eigenvalue weighted by Crippen LogP contribution is 2.32. The highest BCUT2D eigenvalue weighted by Gasteiger charge is 2.12. The highest BCUT2D eigenvalue weighted by molar-refractivity contribution is 6.44. The first kappa shape index (κ1) is 19.5. The maximum absolute atomic E-state index is 12.2. The number of benzene rings is 2. The monoisotopic (exact) mass is 424 g/mol. The largest absolute Gasteiger partial charge is 0.497 e. The second-order valence-corrected chi connectivity index (χ2v) is 6.86. The summed E-state index contributed by atoms with van der Waals surface area (Å²) in [5.74, 6) is 1.62. The average molecular weight is 426 g/mol. The van der Waals surface area contributed by atoms with Crippen LogP contribution in [0.2, 0.25) is 15.1 Å². The lowest BCUT2D eigenvalue weighted by Crippen LogP contribution is -2.12. The van der Waals surface area contributed by atoms with Crippen molar-refractivity contribution in [3.8, 4) is 17.1 Å². The third kappa shape index (κ3) is 4.95. The van der Waals surface area contributed by atoms with Crippen molar-refractivity contribution in [2.45, 2.75) is 12.8 Å². The van der Waals surface area contributed by atoms with Gasteiger partial charge in [0.1, 0.15) is 5.75 Å². The van der Waals surface area contributed by atoms with Crippen LogP contribution in [-0.4, -0.2) is 18.0 Å². The number of carbonyl (C=O) groups is 1. The number of anilines is 1. The summed E-state index contributed by atoms with van der Waals surface area (Å²) in [6.07, 6.45) is 2.16. The summed E-state index contributed by atoms with van der Waals surface area (Å²) >= 11 is 17.9. The fourth-order valence-electron chi connectivity index (χ4n) is 2.37. The molecule has 27 heavy (non-hydrogen) atoms. The van der Waals surface area contributed by atoms with Gasteiger partial charge in [0, 0.05) is 18.4 Å². The molecule has 140 valence electrons. The fraction of sp³-hybridized carbons (Fsp3) is 0.158. The first-order valence-corrected chi connectivity index (χ1v) is 9.13. The number of hydrogen-bond donors (Lipinski definition) is 1. The van der Waals surface area contributed by atoms with E-state index >= 15 is 0 Å². The molecule has 1 amide bonds. The van der Waals surface area contributed by atoms with Crippen molar-refractivity contribution in [1.82, 2.24) is 4.98 Å². The molecule has 0 aliphatic carbocycles. The second kappa shape index (κ2) is 8.65. The zero-order chi connectivity index (χ0) is 19.4. The van der Waals surface area contributed by atoms with Crippen LogP contribution in [0.1, 0.15) is 12.3 Å². The lowest BCUT2D eigenvalue weighted by Gasteiger charge is -2.08. The normalized spacial score (nSPS) is 10.7. The molecule has 0 saturated carbocycles. The molecule has 1 heterocycles. The lowest BCUT2D eigenvalue weighted by molar-refractivity contribution is -0.116. The van der Waals surface area contributed by atoms with Crippen molar-refractivity contribution >= 4 is 46.4 Å². The molecule has 1 aromatic heterocycles. The van der Waals surface area contributed by atoms with E-state index in [2.05, 4.69) is 10.3 Å². The lowest BCUT2D eigenvalue weighted by atomic mass is 10.2. The number of methoxy groups -OCH3 is 1. The first-order chi connectivity index (χ1) is 13.0. The molecule has 3 aromatic rings. The van der Waals surface area contributed by atoms with E-state index in [1.807, 2.05) is 24.3 Å². The second-order valence-electron chi connectivity index (χ2n) is 5.64. The Bertz CT molecular complexity index is 955. The van der Waals surface area contributed by atoms with Gasteiger partial charge in [-0.1, -0.05) is 34.8 Å². The number of hydrogen-bond acceptors (Lipinski definition) is 4. The molecule has 0 bridgehead atoms. The molecular weight excluding hydrogens is 411 g/mol. The van der Waals surface area contributed by atoms with Gasteiger partial charge in [-0.2, -0.15) is 0 Å². The summed E-state index contributed by atoms with van der Waals surface area (Å²) in [6, 6.07) is 10.4. The Morgan fingerprint density at radius 1 is 1.11 bits per heavy atom. The summed E-state index contributed by atoms with van der Waals surface area (Å²) in [5, 5.41) is 3.66. The molecule has 2 aromatic carbocycles. The van der Waals surface area contributed by atoms with Gasteiger partial charge in [0.2, 0.25) is 5.91 Å². The van der Waals surface area contributed by atoms with Crippen LogP contribution in [0.4, 0.5) is 5.69 Å². The predicted octanol–water partition coefficient (Wildman–Crippen LogP) is 5.88. The molecule has 0 fully saturated rings. The number of oxazole rings is 1. The molecule has 0 saturated heterocycles. The number of ether oxygens (including phenoxy) is 1. The van der Waals surface area contributed by atoms with Gasteiger partial charge >= 0.3 is 0 Å². The Kier molecular flexibility index (Phi) is 6.26. The minimum atomic E-state index is -0.237. The van der Waals surface area contributed by atoms with Crippen molar-refractivity contribution < 1.29 is 13.9 Å². The topological polar surface area (TPSA) is 64.4 Å². The molecule has 1 N–H and O–H groups in total. The van der Waals surface area contributed by atoms with Gasteiger partial charge in [-0.25, -0.2) is 4.98 Å². The van der Waals surface area contributed by atoms with E-state index in [1.165, 1.54) is 12.1 Å². The molecular formula is C19H15Cl3N2O3. The Morgan fingerprint density at radius 2 is 1.81 bits per heavy atom. The molecule has 0 radical (unpaired) electrons. The maximum Gasteiger partial charge on any atom is 0.224 e. The van der Waals surface area contributed by atoms with Gasteiger partial charge in [0.25, 0.3) is 0 Å². The summed E-state index contributed by atoms with van der Waals surface area (Å²) in [5.41, 5.74) is 1.28. The number of nitrogens with one attached hydrogen (secondary N) is 1. The van der Waals surface area contributed by atoms with Crippen LogP contribution < -0.4 is 10.1 Å². The van der Waals surface area contributed by atoms with Gasteiger partial charge in [-0.3, -0.25) is 4.79 Å². The van der Waals surface area contributed by atoms with E-state index < -0.39 is 0 Å². The van der Waals surface area contributed by atoms with E-state index in [9.17, 15) is 4.79 Å². The first-order valence-electron chi connectivity index (χ1n) is 8.00. The number of aryl methyl sites for hydroxylation is 1. The molecule has 0 unspecified atom stereocenters. The van der Waals surface area contributed by atoms with Crippen LogP contribution >= 0.6 is 34.8 Å². The summed E-state index contributed by atoms with van der Waals surface area (Å²) in [6.45, 7) is 0. The SMILES string of the molecule is COc1ccc(-c2cnc(CCC(=O)Nc3cc(Cl)c(Cl)cc3Cl)o2)cc1. The van der Waals surface area contributed by atoms with Crippen molar-refractivity contribution in [2.75, 3.05) is 12.4 Å². The number of rotatable bonds is 6. The number of aromatic nitrogens is 1. The Labute approximate surface area is 171 Å². The van der Waals surface area contributed by atoms with E-state index in [0.717, 1.165) is 11.3 Å². The third-order valence-electron chi connectivity index (χ3n) is 3.78. The van der Waals surface area contributed by atoms with Gasteiger partial charge in [0.15, 0.2) is 11.7 Å².